The van der Waals surface area contributed by atoms with Crippen LogP contribution in [0.15, 0.2) is 6.33 Å². The topological polar surface area (TPSA) is 93.2 Å². The molecular formula is C7H10N4O2. The van der Waals surface area contributed by atoms with Crippen LogP contribution in [0.2, 0.25) is 0 Å². The van der Waals surface area contributed by atoms with E-state index in [1.807, 2.05) is 0 Å². The molecule has 4 N–H and O–H groups in total. The van der Waals surface area contributed by atoms with Crippen molar-refractivity contribution in [2.75, 3.05) is 11.9 Å². The van der Waals surface area contributed by atoms with Crippen LogP contribution in [0.3, 0.4) is 0 Å². The van der Waals surface area contributed by atoms with Gasteiger partial charge in [0.1, 0.15) is 18.5 Å². The number of carbonyl (C=O) groups is 1. The summed E-state index contributed by atoms with van der Waals surface area (Å²) in [6.45, 7) is 0.498. The van der Waals surface area contributed by atoms with Gasteiger partial charge in [-0.05, 0) is 0 Å². The highest BCUT2D eigenvalue weighted by atomic mass is 16.3. The summed E-state index contributed by atoms with van der Waals surface area (Å²) >= 11 is 0. The van der Waals surface area contributed by atoms with E-state index in [0.717, 1.165) is 0 Å². The van der Waals surface area contributed by atoms with Crippen LogP contribution < -0.4 is 11.1 Å². The molecule has 0 fully saturated rings. The lowest BCUT2D eigenvalue weighted by molar-refractivity contribution is -0.118. The Balaban J connectivity index is 2.32. The Labute approximate surface area is 74.4 Å². The van der Waals surface area contributed by atoms with Crippen molar-refractivity contribution < 1.29 is 9.90 Å². The van der Waals surface area contributed by atoms with Crippen LogP contribution in [-0.2, 0) is 11.3 Å². The zero-order valence-electron chi connectivity index (χ0n) is 6.90. The van der Waals surface area contributed by atoms with Gasteiger partial charge in [-0.15, -0.1) is 0 Å². The number of aromatic nitrogens is 2. The predicted molar refractivity (Wildman–Crippen MR) is 44.9 cm³/mol. The van der Waals surface area contributed by atoms with E-state index in [-0.39, 0.29) is 6.54 Å². The van der Waals surface area contributed by atoms with Crippen LogP contribution in [0.1, 0.15) is 11.8 Å². The van der Waals surface area contributed by atoms with Gasteiger partial charge in [0, 0.05) is 6.54 Å². The lowest BCUT2D eigenvalue weighted by atomic mass is 10.3. The maximum Gasteiger partial charge on any atom is 0.237 e. The molecule has 0 spiro atoms. The van der Waals surface area contributed by atoms with E-state index < -0.39 is 12.0 Å². The molecule has 6 nitrogen and oxygen atoms in total. The van der Waals surface area contributed by atoms with Crippen LogP contribution in [0.25, 0.3) is 0 Å². The first kappa shape index (κ1) is 8.06. The molecule has 1 aromatic heterocycles. The Kier molecular flexibility index (Phi) is 1.70. The summed E-state index contributed by atoms with van der Waals surface area (Å²) in [5.41, 5.74) is 5.67. The van der Waals surface area contributed by atoms with Crippen LogP contribution in [0.4, 0.5) is 5.82 Å². The Morgan fingerprint density at radius 3 is 3.38 bits per heavy atom. The maximum absolute atomic E-state index is 10.6. The minimum Gasteiger partial charge on any atom is -0.385 e. The zero-order valence-corrected chi connectivity index (χ0v) is 6.90. The fourth-order valence-electron chi connectivity index (χ4n) is 1.46. The molecule has 0 radical (unpaired) electrons. The minimum atomic E-state index is -0.600. The predicted octanol–water partition coefficient (Wildman–Crippen LogP) is -1.17. The molecule has 0 bridgehead atoms. The molecule has 70 valence electrons. The van der Waals surface area contributed by atoms with Gasteiger partial charge >= 0.3 is 0 Å². The smallest absolute Gasteiger partial charge is 0.237 e. The average Bonchev–Trinajstić information content (AvgIpc) is 2.56. The van der Waals surface area contributed by atoms with Crippen molar-refractivity contribution in [3.8, 4) is 0 Å². The number of nitrogens with two attached hydrogens (primary N) is 1. The summed E-state index contributed by atoms with van der Waals surface area (Å²) in [7, 11) is 0. The first-order valence-electron chi connectivity index (χ1n) is 3.93. The lowest BCUT2D eigenvalue weighted by Gasteiger charge is -2.05. The Morgan fingerprint density at radius 1 is 1.92 bits per heavy atom. The van der Waals surface area contributed by atoms with Crippen molar-refractivity contribution in [2.24, 2.45) is 5.73 Å². The van der Waals surface area contributed by atoms with E-state index in [0.29, 0.717) is 18.1 Å². The van der Waals surface area contributed by atoms with Crippen LogP contribution in [0.5, 0.6) is 0 Å². The number of nitrogens with zero attached hydrogens (tertiary/aromatic N) is 2. The number of imidazole rings is 1. The summed E-state index contributed by atoms with van der Waals surface area (Å²) in [5.74, 6) is 0.188. The highest BCUT2D eigenvalue weighted by Gasteiger charge is 2.25. The normalized spacial score (nSPS) is 19.6. The van der Waals surface area contributed by atoms with Crippen molar-refractivity contribution in [1.29, 1.82) is 0 Å². The van der Waals surface area contributed by atoms with E-state index in [1.165, 1.54) is 6.33 Å². The number of anilines is 1. The first-order valence-corrected chi connectivity index (χ1v) is 3.93. The number of primary amides is 1. The number of aliphatic hydroxyl groups excluding tert-OH is 1. The molecule has 6 heteroatoms. The van der Waals surface area contributed by atoms with Crippen molar-refractivity contribution in [3.05, 3.63) is 12.0 Å². The zero-order chi connectivity index (χ0) is 9.42. The number of hydrogen-bond donors (Lipinski definition) is 3. The third-order valence-electron chi connectivity index (χ3n) is 1.98. The standard InChI is InChI=1S/C7H10N4O2/c8-5(13)2-11-3-10-7-6(11)4(12)1-9-7/h3-4,9,12H,1-2H2,(H2,8,13). The third kappa shape index (κ3) is 1.25. The third-order valence-corrected chi connectivity index (χ3v) is 1.98. The molecule has 2 heterocycles. The van der Waals surface area contributed by atoms with Crippen molar-refractivity contribution in [3.63, 3.8) is 0 Å². The van der Waals surface area contributed by atoms with E-state index in [1.54, 1.807) is 4.57 Å². The second-order valence-electron chi connectivity index (χ2n) is 2.97. The molecule has 0 saturated heterocycles. The molecule has 1 aliphatic rings. The fraction of sp³-hybridized carbons (Fsp3) is 0.429. The molecule has 13 heavy (non-hydrogen) atoms. The van der Waals surface area contributed by atoms with Gasteiger partial charge in [0.2, 0.25) is 5.91 Å². The molecule has 1 atom stereocenters. The average molecular weight is 182 g/mol. The van der Waals surface area contributed by atoms with Crippen molar-refractivity contribution in [2.45, 2.75) is 12.6 Å². The number of hydrogen-bond acceptors (Lipinski definition) is 4. The van der Waals surface area contributed by atoms with Gasteiger partial charge in [0.05, 0.1) is 12.0 Å². The number of aliphatic hydroxyl groups is 1. The summed E-state index contributed by atoms with van der Waals surface area (Å²) in [6, 6.07) is 0. The van der Waals surface area contributed by atoms with Gasteiger partial charge in [-0.25, -0.2) is 4.98 Å². The Bertz CT molecular complexity index is 346. The van der Waals surface area contributed by atoms with Crippen molar-refractivity contribution in [1.82, 2.24) is 9.55 Å². The second kappa shape index (κ2) is 2.74. The quantitative estimate of drug-likeness (QED) is 0.537. The molecule has 1 amide bonds. The van der Waals surface area contributed by atoms with Crippen LogP contribution in [-0.4, -0.2) is 27.1 Å². The number of β-amino-alcohol motifs (C(OH)–C–C–N with tert-alkyl or cyclic N) is 1. The summed E-state index contributed by atoms with van der Waals surface area (Å²) in [6.07, 6.45) is 0.891. The molecule has 0 saturated carbocycles. The lowest BCUT2D eigenvalue weighted by Crippen LogP contribution is -2.20. The largest absolute Gasteiger partial charge is 0.385 e. The second-order valence-corrected chi connectivity index (χ2v) is 2.97. The van der Waals surface area contributed by atoms with Gasteiger partial charge in [-0.2, -0.15) is 0 Å². The van der Waals surface area contributed by atoms with E-state index in [4.69, 9.17) is 5.73 Å². The molecule has 1 aromatic rings. The molecule has 1 aliphatic heterocycles. The fourth-order valence-corrected chi connectivity index (χ4v) is 1.46. The highest BCUT2D eigenvalue weighted by Crippen LogP contribution is 2.27. The summed E-state index contributed by atoms with van der Waals surface area (Å²) < 4.78 is 1.56. The molecular weight excluding hydrogens is 172 g/mol. The van der Waals surface area contributed by atoms with E-state index >= 15 is 0 Å². The number of nitrogens with one attached hydrogen (secondary N) is 1. The SMILES string of the molecule is NC(=O)Cn1cnc2c1C(O)CN2. The Hall–Kier alpha value is -1.56. The monoisotopic (exact) mass is 182 g/mol. The summed E-state index contributed by atoms with van der Waals surface area (Å²) in [4.78, 5) is 14.6. The van der Waals surface area contributed by atoms with Gasteiger partial charge in [-0.1, -0.05) is 0 Å². The van der Waals surface area contributed by atoms with Gasteiger partial charge in [0.15, 0.2) is 0 Å². The van der Waals surface area contributed by atoms with Crippen LogP contribution in [0, 0.1) is 0 Å². The highest BCUT2D eigenvalue weighted by molar-refractivity contribution is 5.74. The molecule has 0 aromatic carbocycles. The maximum atomic E-state index is 10.6. The first-order chi connectivity index (χ1) is 6.18. The number of fused-ring (bicyclic) bond motifs is 1. The van der Waals surface area contributed by atoms with E-state index in [9.17, 15) is 9.90 Å². The van der Waals surface area contributed by atoms with Gasteiger partial charge in [0.25, 0.3) is 0 Å². The van der Waals surface area contributed by atoms with E-state index in [2.05, 4.69) is 10.3 Å². The number of amides is 1. The number of rotatable bonds is 2. The molecule has 0 aliphatic carbocycles. The van der Waals surface area contributed by atoms with Crippen molar-refractivity contribution >= 4 is 11.7 Å². The van der Waals surface area contributed by atoms with Gasteiger partial charge in [-0.3, -0.25) is 4.79 Å². The minimum absolute atomic E-state index is 0.0566. The van der Waals surface area contributed by atoms with Crippen LogP contribution >= 0.6 is 0 Å². The molecule has 2 rings (SSSR count). The summed E-state index contributed by atoms with van der Waals surface area (Å²) in [5, 5.41) is 12.4. The Morgan fingerprint density at radius 2 is 2.69 bits per heavy atom. The molecule has 1 unspecified atom stereocenters. The number of carbonyl (C=O) groups excluding carboxylic acids is 1. The van der Waals surface area contributed by atoms with Gasteiger partial charge < -0.3 is 20.7 Å².